The third-order valence-electron chi connectivity index (χ3n) is 3.74. The molecule has 1 aliphatic heterocycles. The topological polar surface area (TPSA) is 27.7 Å². The first kappa shape index (κ1) is 17.0. The number of benzene rings is 2. The molecule has 3 rings (SSSR count). The lowest BCUT2D eigenvalue weighted by atomic mass is 10.1. The van der Waals surface area contributed by atoms with Crippen LogP contribution in [0, 0.1) is 0 Å². The van der Waals surface area contributed by atoms with Gasteiger partial charge in [0.2, 0.25) is 0 Å². The third-order valence-corrected chi connectivity index (χ3v) is 3.74. The Bertz CT molecular complexity index is 650. The molecule has 0 atom stereocenters. The molecule has 1 heterocycles. The summed E-state index contributed by atoms with van der Waals surface area (Å²) < 4.78 is 55.6. The Morgan fingerprint density at radius 3 is 2.21 bits per heavy atom. The van der Waals surface area contributed by atoms with E-state index in [1.54, 1.807) is 6.07 Å². The van der Waals surface area contributed by atoms with E-state index >= 15 is 0 Å². The summed E-state index contributed by atoms with van der Waals surface area (Å²) in [6.45, 7) is 0.407. The highest BCUT2D eigenvalue weighted by Gasteiger charge is 2.33. The van der Waals surface area contributed by atoms with Crippen molar-refractivity contribution in [3.8, 4) is 0 Å². The second kappa shape index (κ2) is 7.34. The van der Waals surface area contributed by atoms with Crippen LogP contribution < -0.4 is 0 Å². The van der Waals surface area contributed by atoms with Crippen LogP contribution in [0.3, 0.4) is 0 Å². The van der Waals surface area contributed by atoms with Crippen molar-refractivity contribution in [2.24, 2.45) is 0 Å². The Labute approximate surface area is 138 Å². The number of alkyl halides is 3. The molecule has 0 aromatic heterocycles. The monoisotopic (exact) mass is 338 g/mol. The average Bonchev–Trinajstić information content (AvgIpc) is 2.61. The Kier molecular flexibility index (Phi) is 5.18. The minimum Gasteiger partial charge on any atom is -0.369 e. The van der Waals surface area contributed by atoms with E-state index in [9.17, 15) is 13.2 Å². The summed E-state index contributed by atoms with van der Waals surface area (Å²) in [6, 6.07) is 14.9. The minimum atomic E-state index is -4.39. The molecule has 2 aromatic rings. The van der Waals surface area contributed by atoms with Crippen molar-refractivity contribution in [3.05, 3.63) is 71.3 Å². The Balaban J connectivity index is 1.55. The van der Waals surface area contributed by atoms with Crippen LogP contribution in [-0.2, 0) is 27.0 Å². The lowest BCUT2D eigenvalue weighted by Gasteiger charge is -2.29. The number of hydrogen-bond donors (Lipinski definition) is 0. The maximum Gasteiger partial charge on any atom is 0.416 e. The number of ether oxygens (including phenoxy) is 3. The summed E-state index contributed by atoms with van der Waals surface area (Å²) >= 11 is 0. The maximum absolute atomic E-state index is 12.9. The summed E-state index contributed by atoms with van der Waals surface area (Å²) in [7, 11) is 0. The summed E-state index contributed by atoms with van der Waals surface area (Å²) in [4.78, 5) is 0. The highest BCUT2D eigenvalue weighted by Crippen LogP contribution is 2.32. The second-order valence-corrected chi connectivity index (χ2v) is 5.50. The summed E-state index contributed by atoms with van der Waals surface area (Å²) in [5.74, 6) is 0. The van der Waals surface area contributed by atoms with Crippen LogP contribution in [-0.4, -0.2) is 19.3 Å². The molecule has 0 aliphatic carbocycles. The highest BCUT2D eigenvalue weighted by molar-refractivity contribution is 5.29. The van der Waals surface area contributed by atoms with Crippen molar-refractivity contribution in [1.82, 2.24) is 0 Å². The second-order valence-electron chi connectivity index (χ2n) is 5.50. The van der Waals surface area contributed by atoms with Gasteiger partial charge in [-0.2, -0.15) is 13.2 Å². The molecule has 6 heteroatoms. The third kappa shape index (κ3) is 4.14. The highest BCUT2D eigenvalue weighted by atomic mass is 19.4. The largest absolute Gasteiger partial charge is 0.416 e. The van der Waals surface area contributed by atoms with Crippen LogP contribution in [0.4, 0.5) is 13.2 Å². The number of halogens is 3. The van der Waals surface area contributed by atoms with Crippen LogP contribution >= 0.6 is 0 Å². The summed E-state index contributed by atoms with van der Waals surface area (Å²) in [5.41, 5.74) is 0.332. The van der Waals surface area contributed by atoms with Gasteiger partial charge in [-0.15, -0.1) is 0 Å². The van der Waals surface area contributed by atoms with Gasteiger partial charge in [0, 0.05) is 5.56 Å². The Hall–Kier alpha value is -1.89. The smallest absolute Gasteiger partial charge is 0.369 e. The van der Waals surface area contributed by atoms with Gasteiger partial charge >= 0.3 is 6.18 Å². The molecule has 128 valence electrons. The van der Waals surface area contributed by atoms with E-state index < -0.39 is 24.1 Å². The molecule has 0 unspecified atom stereocenters. The van der Waals surface area contributed by atoms with Crippen molar-refractivity contribution in [3.63, 3.8) is 0 Å². The zero-order chi connectivity index (χ0) is 17.0. The molecular weight excluding hydrogens is 321 g/mol. The molecule has 2 aromatic carbocycles. The van der Waals surface area contributed by atoms with Crippen LogP contribution in [0.5, 0.6) is 0 Å². The van der Waals surface area contributed by atoms with E-state index in [1.165, 1.54) is 12.1 Å². The summed E-state index contributed by atoms with van der Waals surface area (Å²) in [6.07, 6.45) is -5.25. The minimum absolute atomic E-state index is 0.107. The quantitative estimate of drug-likeness (QED) is 0.830. The van der Waals surface area contributed by atoms with Gasteiger partial charge in [0.25, 0.3) is 0 Å². The maximum atomic E-state index is 12.9. The van der Waals surface area contributed by atoms with Gasteiger partial charge in [0.1, 0.15) is 6.10 Å². The molecule has 1 saturated heterocycles. The molecule has 0 saturated carbocycles. The van der Waals surface area contributed by atoms with E-state index in [2.05, 4.69) is 0 Å². The molecule has 24 heavy (non-hydrogen) atoms. The van der Waals surface area contributed by atoms with Gasteiger partial charge in [0.15, 0.2) is 6.29 Å². The Morgan fingerprint density at radius 2 is 1.54 bits per heavy atom. The SMILES string of the molecule is FC(F)(F)c1ccccc1CO[C@H]1CO[C@@H](c2ccccc2)OC1. The van der Waals surface area contributed by atoms with E-state index in [-0.39, 0.29) is 25.4 Å². The zero-order valence-corrected chi connectivity index (χ0v) is 12.8. The molecule has 0 bridgehead atoms. The van der Waals surface area contributed by atoms with Crippen LogP contribution in [0.2, 0.25) is 0 Å². The van der Waals surface area contributed by atoms with E-state index in [4.69, 9.17) is 14.2 Å². The fourth-order valence-corrected chi connectivity index (χ4v) is 2.51. The van der Waals surface area contributed by atoms with Gasteiger partial charge in [-0.3, -0.25) is 0 Å². The van der Waals surface area contributed by atoms with Crippen LogP contribution in [0.1, 0.15) is 23.0 Å². The molecular formula is C18H17F3O3. The standard InChI is InChI=1S/C18H17F3O3/c19-18(20,21)16-9-5-4-8-14(16)10-22-15-11-23-17(24-12-15)13-6-2-1-3-7-13/h1-9,15,17H,10-12H2/t15-,17+. The van der Waals surface area contributed by atoms with Gasteiger partial charge in [0.05, 0.1) is 25.4 Å². The van der Waals surface area contributed by atoms with Crippen molar-refractivity contribution in [2.45, 2.75) is 25.2 Å². The molecule has 3 nitrogen and oxygen atoms in total. The average molecular weight is 338 g/mol. The fraction of sp³-hybridized carbons (Fsp3) is 0.333. The first-order valence-electron chi connectivity index (χ1n) is 7.59. The Morgan fingerprint density at radius 1 is 0.917 bits per heavy atom. The number of hydrogen-bond acceptors (Lipinski definition) is 3. The zero-order valence-electron chi connectivity index (χ0n) is 12.8. The number of rotatable bonds is 4. The molecule has 1 fully saturated rings. The van der Waals surface area contributed by atoms with Crippen molar-refractivity contribution < 1.29 is 27.4 Å². The predicted octanol–water partition coefficient (Wildman–Crippen LogP) is 4.34. The summed E-state index contributed by atoms with van der Waals surface area (Å²) in [5, 5.41) is 0. The molecule has 0 radical (unpaired) electrons. The predicted molar refractivity (Wildman–Crippen MR) is 81.1 cm³/mol. The van der Waals surface area contributed by atoms with E-state index in [0.29, 0.717) is 0 Å². The van der Waals surface area contributed by atoms with Gasteiger partial charge in [-0.25, -0.2) is 0 Å². The normalized spacial score (nSPS) is 21.6. The lowest BCUT2D eigenvalue weighted by Crippen LogP contribution is -2.33. The first-order valence-corrected chi connectivity index (χ1v) is 7.59. The van der Waals surface area contributed by atoms with Crippen molar-refractivity contribution >= 4 is 0 Å². The van der Waals surface area contributed by atoms with E-state index in [1.807, 2.05) is 30.3 Å². The van der Waals surface area contributed by atoms with E-state index in [0.717, 1.165) is 11.6 Å². The fourth-order valence-electron chi connectivity index (χ4n) is 2.51. The molecule has 0 N–H and O–H groups in total. The van der Waals surface area contributed by atoms with Crippen LogP contribution in [0.25, 0.3) is 0 Å². The lowest BCUT2D eigenvalue weighted by molar-refractivity contribution is -0.232. The first-order chi connectivity index (χ1) is 11.5. The van der Waals surface area contributed by atoms with Crippen LogP contribution in [0.15, 0.2) is 54.6 Å². The van der Waals surface area contributed by atoms with Crippen molar-refractivity contribution in [2.75, 3.05) is 13.2 Å². The molecule has 0 spiro atoms. The van der Waals surface area contributed by atoms with Gasteiger partial charge in [-0.1, -0.05) is 48.5 Å². The molecule has 0 amide bonds. The van der Waals surface area contributed by atoms with Crippen molar-refractivity contribution in [1.29, 1.82) is 0 Å². The van der Waals surface area contributed by atoms with Gasteiger partial charge in [-0.05, 0) is 11.6 Å². The molecule has 1 aliphatic rings. The van der Waals surface area contributed by atoms with Gasteiger partial charge < -0.3 is 14.2 Å².